The summed E-state index contributed by atoms with van der Waals surface area (Å²) >= 11 is 0. The van der Waals surface area contributed by atoms with Crippen molar-refractivity contribution in [1.29, 1.82) is 0 Å². The molecule has 7 nitrogen and oxygen atoms in total. The van der Waals surface area contributed by atoms with Crippen LogP contribution in [-0.2, 0) is 4.79 Å². The summed E-state index contributed by atoms with van der Waals surface area (Å²) in [6, 6.07) is 10.7. The molecule has 1 aliphatic heterocycles. The van der Waals surface area contributed by atoms with Gasteiger partial charge in [0.2, 0.25) is 0 Å². The number of carboxylic acids is 1. The number of fused-ring (bicyclic) bond motifs is 1. The first-order valence-electron chi connectivity index (χ1n) is 7.65. The highest BCUT2D eigenvalue weighted by Crippen LogP contribution is 2.30. The number of carbonyl (C=O) groups excluding carboxylic acids is 2. The Morgan fingerprint density at radius 1 is 1.16 bits per heavy atom. The molecule has 0 fully saturated rings. The van der Waals surface area contributed by atoms with Gasteiger partial charge in [0.25, 0.3) is 11.8 Å². The van der Waals surface area contributed by atoms with Crippen molar-refractivity contribution in [2.75, 3.05) is 11.9 Å². The molecular formula is C18H16N2O5. The zero-order chi connectivity index (χ0) is 18.0. The highest BCUT2D eigenvalue weighted by atomic mass is 16.5. The Morgan fingerprint density at radius 3 is 2.52 bits per heavy atom. The van der Waals surface area contributed by atoms with Gasteiger partial charge in [-0.3, -0.25) is 9.59 Å². The van der Waals surface area contributed by atoms with E-state index in [0.717, 1.165) is 5.56 Å². The fraction of sp³-hybridized carbons (Fsp3) is 0.167. The molecule has 0 aromatic heterocycles. The molecule has 7 heteroatoms. The number of rotatable bonds is 4. The van der Waals surface area contributed by atoms with Crippen LogP contribution >= 0.6 is 0 Å². The molecule has 0 unspecified atom stereocenters. The third kappa shape index (κ3) is 3.60. The van der Waals surface area contributed by atoms with Crippen molar-refractivity contribution >= 4 is 23.5 Å². The van der Waals surface area contributed by atoms with E-state index >= 15 is 0 Å². The largest absolute Gasteiger partial charge is 0.482 e. The summed E-state index contributed by atoms with van der Waals surface area (Å²) in [6.45, 7) is 1.81. The van der Waals surface area contributed by atoms with Crippen LogP contribution < -0.4 is 15.4 Å². The molecule has 2 aromatic rings. The lowest BCUT2D eigenvalue weighted by Gasteiger charge is -2.21. The van der Waals surface area contributed by atoms with Gasteiger partial charge in [-0.05, 0) is 48.9 Å². The molecule has 3 rings (SSSR count). The van der Waals surface area contributed by atoms with Crippen LogP contribution in [0.3, 0.4) is 0 Å². The van der Waals surface area contributed by atoms with Crippen molar-refractivity contribution in [3.8, 4) is 5.75 Å². The van der Waals surface area contributed by atoms with E-state index in [1.165, 1.54) is 24.3 Å². The quantitative estimate of drug-likeness (QED) is 0.791. The van der Waals surface area contributed by atoms with Gasteiger partial charge < -0.3 is 20.5 Å². The van der Waals surface area contributed by atoms with Crippen LogP contribution in [0.5, 0.6) is 5.75 Å². The van der Waals surface area contributed by atoms with Crippen LogP contribution in [0.25, 0.3) is 0 Å². The predicted octanol–water partition coefficient (Wildman–Crippen LogP) is 2.21. The molecule has 0 aliphatic carbocycles. The van der Waals surface area contributed by atoms with Gasteiger partial charge in [0.05, 0.1) is 17.3 Å². The fourth-order valence-corrected chi connectivity index (χ4v) is 2.50. The Morgan fingerprint density at radius 2 is 1.84 bits per heavy atom. The normalized spacial score (nSPS) is 13.9. The molecular weight excluding hydrogens is 324 g/mol. The van der Waals surface area contributed by atoms with Gasteiger partial charge >= 0.3 is 5.97 Å². The van der Waals surface area contributed by atoms with Crippen LogP contribution in [0.2, 0.25) is 0 Å². The van der Waals surface area contributed by atoms with E-state index in [2.05, 4.69) is 10.6 Å². The molecule has 3 N–H and O–H groups in total. The van der Waals surface area contributed by atoms with Gasteiger partial charge in [-0.25, -0.2) is 4.79 Å². The maximum Gasteiger partial charge on any atom is 0.335 e. The van der Waals surface area contributed by atoms with Gasteiger partial charge in [0, 0.05) is 5.56 Å². The van der Waals surface area contributed by atoms with Crippen molar-refractivity contribution in [3.05, 3.63) is 59.2 Å². The molecule has 0 spiro atoms. The number of ether oxygens (including phenoxy) is 1. The average Bonchev–Trinajstić information content (AvgIpc) is 2.61. The van der Waals surface area contributed by atoms with Crippen molar-refractivity contribution in [1.82, 2.24) is 5.32 Å². The second kappa shape index (κ2) is 6.64. The Kier molecular flexibility index (Phi) is 4.38. The topological polar surface area (TPSA) is 105 Å². The number of hydrogen-bond acceptors (Lipinski definition) is 4. The first kappa shape index (κ1) is 16.5. The Labute approximate surface area is 143 Å². The van der Waals surface area contributed by atoms with Gasteiger partial charge in [-0.15, -0.1) is 0 Å². The minimum absolute atomic E-state index is 0.00895. The Balaban J connectivity index is 1.72. The molecule has 2 aromatic carbocycles. The molecule has 128 valence electrons. The van der Waals surface area contributed by atoms with E-state index < -0.39 is 5.97 Å². The predicted molar refractivity (Wildman–Crippen MR) is 89.8 cm³/mol. The maximum atomic E-state index is 12.3. The van der Waals surface area contributed by atoms with E-state index in [9.17, 15) is 14.4 Å². The van der Waals surface area contributed by atoms with E-state index in [0.29, 0.717) is 17.0 Å². The van der Waals surface area contributed by atoms with Crippen LogP contribution in [0, 0.1) is 0 Å². The van der Waals surface area contributed by atoms with E-state index in [1.807, 2.05) is 13.0 Å². The van der Waals surface area contributed by atoms with Gasteiger partial charge in [0.15, 0.2) is 6.61 Å². The minimum atomic E-state index is -1.04. The zero-order valence-electron chi connectivity index (χ0n) is 13.4. The second-order valence-corrected chi connectivity index (χ2v) is 5.67. The number of aromatic carboxylic acids is 1. The lowest BCUT2D eigenvalue weighted by molar-refractivity contribution is -0.118. The summed E-state index contributed by atoms with van der Waals surface area (Å²) in [4.78, 5) is 34.5. The van der Waals surface area contributed by atoms with Crippen LogP contribution in [0.15, 0.2) is 42.5 Å². The maximum absolute atomic E-state index is 12.3. The summed E-state index contributed by atoms with van der Waals surface area (Å²) in [5.41, 5.74) is 1.86. The van der Waals surface area contributed by atoms with Crippen LogP contribution in [0.4, 0.5) is 5.69 Å². The number of benzene rings is 2. The van der Waals surface area contributed by atoms with Crippen molar-refractivity contribution in [2.45, 2.75) is 13.0 Å². The highest BCUT2D eigenvalue weighted by molar-refractivity contribution is 5.97. The second-order valence-electron chi connectivity index (χ2n) is 5.67. The van der Waals surface area contributed by atoms with E-state index in [4.69, 9.17) is 9.84 Å². The molecule has 1 atom stereocenters. The smallest absolute Gasteiger partial charge is 0.335 e. The average molecular weight is 340 g/mol. The number of hydrogen-bond donors (Lipinski definition) is 3. The lowest BCUT2D eigenvalue weighted by Crippen LogP contribution is -2.28. The van der Waals surface area contributed by atoms with Gasteiger partial charge in [-0.1, -0.05) is 6.07 Å². The zero-order valence-corrected chi connectivity index (χ0v) is 13.4. The van der Waals surface area contributed by atoms with E-state index in [1.54, 1.807) is 12.1 Å². The minimum Gasteiger partial charge on any atom is -0.482 e. The molecule has 2 amide bonds. The molecule has 0 bridgehead atoms. The van der Waals surface area contributed by atoms with Crippen molar-refractivity contribution in [2.24, 2.45) is 0 Å². The molecule has 1 heterocycles. The van der Waals surface area contributed by atoms with Crippen molar-refractivity contribution < 1.29 is 24.2 Å². The van der Waals surface area contributed by atoms with Crippen molar-refractivity contribution in [3.63, 3.8) is 0 Å². The number of carbonyl (C=O) groups is 3. The molecule has 0 radical (unpaired) electrons. The number of amides is 2. The summed E-state index contributed by atoms with van der Waals surface area (Å²) < 4.78 is 5.30. The van der Waals surface area contributed by atoms with Gasteiger partial charge in [-0.2, -0.15) is 0 Å². The number of anilines is 1. The lowest BCUT2D eigenvalue weighted by atomic mass is 10.1. The molecule has 1 aliphatic rings. The first-order valence-corrected chi connectivity index (χ1v) is 7.65. The third-order valence-corrected chi connectivity index (χ3v) is 3.88. The standard InChI is InChI=1S/C18H16N2O5/c1-10(13-6-7-15-14(8-13)20-16(21)9-25-15)19-17(22)11-2-4-12(5-3-11)18(23)24/h2-8,10H,9H2,1H3,(H,19,22)(H,20,21)(H,23,24)/t10-/m0/s1. The summed E-state index contributed by atoms with van der Waals surface area (Å²) in [5.74, 6) is -0.993. The molecule has 0 saturated carbocycles. The Bertz CT molecular complexity index is 845. The SMILES string of the molecule is C[C@H](NC(=O)c1ccc(C(=O)O)cc1)c1ccc2c(c1)NC(=O)CO2. The molecule has 25 heavy (non-hydrogen) atoms. The third-order valence-electron chi connectivity index (χ3n) is 3.88. The molecule has 0 saturated heterocycles. The van der Waals surface area contributed by atoms with Crippen LogP contribution in [0.1, 0.15) is 39.2 Å². The first-order chi connectivity index (χ1) is 11.9. The van der Waals surface area contributed by atoms with Crippen LogP contribution in [-0.4, -0.2) is 29.5 Å². The Hall–Kier alpha value is -3.35. The number of nitrogens with one attached hydrogen (secondary N) is 2. The monoisotopic (exact) mass is 340 g/mol. The van der Waals surface area contributed by atoms with E-state index in [-0.39, 0.29) is 30.0 Å². The van der Waals surface area contributed by atoms with Gasteiger partial charge in [0.1, 0.15) is 5.75 Å². The fourth-order valence-electron chi connectivity index (χ4n) is 2.50. The highest BCUT2D eigenvalue weighted by Gasteiger charge is 2.18. The summed E-state index contributed by atoms with van der Waals surface area (Å²) in [7, 11) is 0. The summed E-state index contributed by atoms with van der Waals surface area (Å²) in [6.07, 6.45) is 0. The summed E-state index contributed by atoms with van der Waals surface area (Å²) in [5, 5.41) is 14.4. The number of carboxylic acid groups (broad SMARTS) is 1.